The normalized spacial score (nSPS) is 42.7. The summed E-state index contributed by atoms with van der Waals surface area (Å²) >= 11 is 0. The predicted octanol–water partition coefficient (Wildman–Crippen LogP) is 3.45. The van der Waals surface area contributed by atoms with Crippen LogP contribution in [-0.4, -0.2) is 72.0 Å². The van der Waals surface area contributed by atoms with E-state index >= 15 is 0 Å². The molecule has 6 heteroatoms. The Morgan fingerprint density at radius 1 is 0.606 bits per heavy atom. The summed E-state index contributed by atoms with van der Waals surface area (Å²) in [5, 5.41) is 27.0. The van der Waals surface area contributed by atoms with Gasteiger partial charge < -0.3 is 30.3 Å². The molecule has 10 atom stereocenters. The number of ether oxygens (including phenoxy) is 2. The highest BCUT2D eigenvalue weighted by atomic mass is 16.5. The molecule has 0 spiro atoms. The van der Waals surface area contributed by atoms with Crippen LogP contribution in [0.1, 0.15) is 75.7 Å². The third-order valence-electron chi connectivity index (χ3n) is 8.34. The van der Waals surface area contributed by atoms with Gasteiger partial charge in [-0.2, -0.15) is 0 Å². The lowest BCUT2D eigenvalue weighted by atomic mass is 9.72. The number of fused-ring (bicyclic) bond motifs is 4. The lowest BCUT2D eigenvalue weighted by Crippen LogP contribution is -2.64. The molecule has 6 nitrogen and oxygen atoms in total. The van der Waals surface area contributed by atoms with E-state index in [1.165, 1.54) is 0 Å². The molecule has 4 bridgehead atoms. The van der Waals surface area contributed by atoms with E-state index in [0.717, 1.165) is 12.8 Å². The first-order chi connectivity index (χ1) is 15.0. The highest BCUT2D eigenvalue weighted by molar-refractivity contribution is 5.01. The Morgan fingerprint density at radius 3 is 1.21 bits per heavy atom. The van der Waals surface area contributed by atoms with Crippen LogP contribution in [0.25, 0.3) is 0 Å². The highest BCUT2D eigenvalue weighted by Gasteiger charge is 2.46. The largest absolute Gasteiger partial charge is 0.389 e. The molecular formula is C27H54N2O4. The molecule has 4 heterocycles. The number of piperidine rings is 2. The maximum Gasteiger partial charge on any atom is 0.0927 e. The summed E-state index contributed by atoms with van der Waals surface area (Å²) in [5.41, 5.74) is 0. The third-order valence-corrected chi connectivity index (χ3v) is 8.34. The Bertz CT molecular complexity index is 534. The van der Waals surface area contributed by atoms with Crippen LogP contribution >= 0.6 is 0 Å². The van der Waals surface area contributed by atoms with Crippen molar-refractivity contribution in [1.82, 2.24) is 10.6 Å². The average molecular weight is 471 g/mol. The van der Waals surface area contributed by atoms with Gasteiger partial charge in [0.1, 0.15) is 0 Å². The van der Waals surface area contributed by atoms with E-state index in [2.05, 4.69) is 66.0 Å². The summed E-state index contributed by atoms with van der Waals surface area (Å²) in [6, 6.07) is 1.42. The number of aliphatic hydroxyl groups is 2. The van der Waals surface area contributed by atoms with Crippen molar-refractivity contribution < 1.29 is 19.7 Å². The fourth-order valence-electron chi connectivity index (χ4n) is 6.66. The Labute approximate surface area is 203 Å². The molecule has 0 aromatic heterocycles. The SMILES string of the molecule is C.CC(C)C1N[C@@H]2C[C@@H](OC[C@H]2O)C1C(C)C.CC(C)C1N[C@H]2C[C@H](OC[C@H]2O)C1C(C)C. The van der Waals surface area contributed by atoms with Gasteiger partial charge in [-0.1, -0.05) is 62.8 Å². The lowest BCUT2D eigenvalue weighted by molar-refractivity contribution is -0.139. The van der Waals surface area contributed by atoms with Crippen LogP contribution in [0.2, 0.25) is 0 Å². The standard InChI is InChI=1S/2C13H25NO2.CH4/c2*1-7(2)12-11-5-9(10(15)6-16-11)14-13(12)8(3)4;/h2*7-15H,5-6H2,1-4H3;1H4/t9-,10+,11-,12?,13?;9-,10-,11-,12?,13?;/m01./s1. The van der Waals surface area contributed by atoms with E-state index < -0.39 is 0 Å². The molecule has 4 N–H and O–H groups in total. The quantitative estimate of drug-likeness (QED) is 0.504. The van der Waals surface area contributed by atoms with Crippen molar-refractivity contribution in [2.75, 3.05) is 13.2 Å². The molecule has 4 fully saturated rings. The second-order valence-corrected chi connectivity index (χ2v) is 12.1. The van der Waals surface area contributed by atoms with Crippen LogP contribution in [0.15, 0.2) is 0 Å². The molecule has 0 aromatic rings. The molecule has 0 aromatic carbocycles. The monoisotopic (exact) mass is 470 g/mol. The lowest BCUT2D eigenvalue weighted by Gasteiger charge is -2.50. The topological polar surface area (TPSA) is 83.0 Å². The summed E-state index contributed by atoms with van der Waals surface area (Å²) in [5.74, 6) is 3.58. The zero-order chi connectivity index (χ0) is 23.7. The summed E-state index contributed by atoms with van der Waals surface area (Å²) in [7, 11) is 0. The van der Waals surface area contributed by atoms with Crippen LogP contribution < -0.4 is 10.6 Å². The number of rotatable bonds is 4. The molecule has 4 rings (SSSR count). The minimum Gasteiger partial charge on any atom is -0.389 e. The van der Waals surface area contributed by atoms with Crippen molar-refractivity contribution in [1.29, 1.82) is 0 Å². The van der Waals surface area contributed by atoms with Crippen molar-refractivity contribution in [3.8, 4) is 0 Å². The minimum absolute atomic E-state index is 0. The van der Waals surface area contributed by atoms with E-state index in [1.54, 1.807) is 0 Å². The number of nitrogens with one attached hydrogen (secondary N) is 2. The third kappa shape index (κ3) is 6.50. The van der Waals surface area contributed by atoms with Gasteiger partial charge >= 0.3 is 0 Å². The first kappa shape index (κ1) is 29.0. The fraction of sp³-hybridized carbons (Fsp3) is 1.00. The maximum atomic E-state index is 9.86. The van der Waals surface area contributed by atoms with E-state index in [-0.39, 0.29) is 31.7 Å². The van der Waals surface area contributed by atoms with Crippen LogP contribution in [0, 0.1) is 35.5 Å². The predicted molar refractivity (Wildman–Crippen MR) is 135 cm³/mol. The second-order valence-electron chi connectivity index (χ2n) is 12.1. The van der Waals surface area contributed by atoms with Gasteiger partial charge in [0.05, 0.1) is 37.6 Å². The molecule has 0 aliphatic carbocycles. The van der Waals surface area contributed by atoms with E-state index in [0.29, 0.717) is 73.0 Å². The zero-order valence-electron chi connectivity index (χ0n) is 21.6. The van der Waals surface area contributed by atoms with E-state index in [9.17, 15) is 10.2 Å². The van der Waals surface area contributed by atoms with Crippen molar-refractivity contribution in [3.63, 3.8) is 0 Å². The van der Waals surface area contributed by atoms with Crippen LogP contribution in [0.3, 0.4) is 0 Å². The van der Waals surface area contributed by atoms with Gasteiger partial charge in [-0.15, -0.1) is 0 Å². The molecule has 0 amide bonds. The molecule has 33 heavy (non-hydrogen) atoms. The molecule has 0 radical (unpaired) electrons. The highest BCUT2D eigenvalue weighted by Crippen LogP contribution is 2.37. The molecular weight excluding hydrogens is 416 g/mol. The van der Waals surface area contributed by atoms with Crippen LogP contribution in [-0.2, 0) is 9.47 Å². The summed E-state index contributed by atoms with van der Waals surface area (Å²) in [4.78, 5) is 0. The van der Waals surface area contributed by atoms with Gasteiger partial charge in [0.25, 0.3) is 0 Å². The molecule has 4 aliphatic heterocycles. The van der Waals surface area contributed by atoms with Gasteiger partial charge in [0.15, 0.2) is 0 Å². The molecule has 196 valence electrons. The molecule has 4 aliphatic rings. The van der Waals surface area contributed by atoms with Gasteiger partial charge in [0, 0.05) is 36.0 Å². The van der Waals surface area contributed by atoms with Gasteiger partial charge in [-0.05, 0) is 36.5 Å². The van der Waals surface area contributed by atoms with E-state index in [4.69, 9.17) is 9.47 Å². The molecule has 4 unspecified atom stereocenters. The zero-order valence-corrected chi connectivity index (χ0v) is 21.6. The smallest absolute Gasteiger partial charge is 0.0927 e. The fourth-order valence-corrected chi connectivity index (χ4v) is 6.66. The van der Waals surface area contributed by atoms with Crippen LogP contribution in [0.5, 0.6) is 0 Å². The van der Waals surface area contributed by atoms with Gasteiger partial charge in [0.2, 0.25) is 0 Å². The van der Waals surface area contributed by atoms with Gasteiger partial charge in [-0.3, -0.25) is 0 Å². The van der Waals surface area contributed by atoms with Crippen molar-refractivity contribution in [3.05, 3.63) is 0 Å². The maximum absolute atomic E-state index is 9.86. The minimum atomic E-state index is -0.328. The second kappa shape index (κ2) is 12.1. The number of hydrogen-bond acceptors (Lipinski definition) is 6. The molecule has 4 saturated heterocycles. The Morgan fingerprint density at radius 2 is 0.939 bits per heavy atom. The van der Waals surface area contributed by atoms with Crippen LogP contribution in [0.4, 0.5) is 0 Å². The number of hydrogen-bond donors (Lipinski definition) is 4. The molecule has 0 saturated carbocycles. The average Bonchev–Trinajstić information content (AvgIpc) is 2.72. The summed E-state index contributed by atoms with van der Waals surface area (Å²) in [6.45, 7) is 19.1. The first-order valence-corrected chi connectivity index (χ1v) is 13.1. The Hall–Kier alpha value is -0.240. The van der Waals surface area contributed by atoms with Crippen molar-refractivity contribution in [2.45, 2.75) is 124 Å². The van der Waals surface area contributed by atoms with Crippen molar-refractivity contribution in [2.24, 2.45) is 35.5 Å². The summed E-state index contributed by atoms with van der Waals surface area (Å²) in [6.07, 6.45) is 1.95. The number of aliphatic hydroxyl groups excluding tert-OH is 2. The van der Waals surface area contributed by atoms with E-state index in [1.807, 2.05) is 0 Å². The summed E-state index contributed by atoms with van der Waals surface area (Å²) < 4.78 is 11.7. The first-order valence-electron chi connectivity index (χ1n) is 13.1. The Kier molecular flexibility index (Phi) is 10.7. The van der Waals surface area contributed by atoms with Crippen molar-refractivity contribution >= 4 is 0 Å². The van der Waals surface area contributed by atoms with Gasteiger partial charge in [-0.25, -0.2) is 0 Å². The Balaban J connectivity index is 0.000000227.